The van der Waals surface area contributed by atoms with Gasteiger partial charge in [0, 0.05) is 11.6 Å². The summed E-state index contributed by atoms with van der Waals surface area (Å²) >= 11 is 0. The van der Waals surface area contributed by atoms with E-state index in [1.807, 2.05) is 6.92 Å². The van der Waals surface area contributed by atoms with Crippen molar-refractivity contribution in [3.63, 3.8) is 0 Å². The van der Waals surface area contributed by atoms with E-state index < -0.39 is 0 Å². The fraction of sp³-hybridized carbons (Fsp3) is 0.364. The Hall–Kier alpha value is -2.22. The number of hydrogen-bond acceptors (Lipinski definition) is 2. The van der Waals surface area contributed by atoms with Crippen molar-refractivity contribution in [2.45, 2.75) is 39.2 Å². The van der Waals surface area contributed by atoms with Crippen molar-refractivity contribution in [2.24, 2.45) is 5.92 Å². The summed E-state index contributed by atoms with van der Waals surface area (Å²) in [7, 11) is 0. The minimum atomic E-state index is 0.356. The highest BCUT2D eigenvalue weighted by molar-refractivity contribution is 5.65. The van der Waals surface area contributed by atoms with E-state index in [1.54, 1.807) is 0 Å². The molecular weight excluding hydrogens is 294 g/mol. The molecule has 3 unspecified atom stereocenters. The van der Waals surface area contributed by atoms with E-state index in [4.69, 9.17) is 4.74 Å². The van der Waals surface area contributed by atoms with Crippen molar-refractivity contribution >= 4 is 5.69 Å². The van der Waals surface area contributed by atoms with Crippen molar-refractivity contribution < 1.29 is 4.74 Å². The van der Waals surface area contributed by atoms with E-state index in [9.17, 15) is 0 Å². The van der Waals surface area contributed by atoms with Crippen LogP contribution in [0.3, 0.4) is 0 Å². The molecule has 124 valence electrons. The molecule has 0 fully saturated rings. The first kappa shape index (κ1) is 15.3. The first-order valence-electron chi connectivity index (χ1n) is 8.94. The third kappa shape index (κ3) is 2.50. The Morgan fingerprint density at radius 1 is 1.12 bits per heavy atom. The number of ether oxygens (including phenoxy) is 1. The van der Waals surface area contributed by atoms with Crippen LogP contribution in [0.25, 0.3) is 0 Å². The van der Waals surface area contributed by atoms with Crippen LogP contribution in [0.15, 0.2) is 48.6 Å². The molecule has 1 heterocycles. The maximum absolute atomic E-state index is 5.59. The summed E-state index contributed by atoms with van der Waals surface area (Å²) in [5.74, 6) is 2.07. The maximum Gasteiger partial charge on any atom is 0.119 e. The van der Waals surface area contributed by atoms with Crippen LogP contribution in [0.1, 0.15) is 47.6 Å². The first-order chi connectivity index (χ1) is 11.7. The fourth-order valence-corrected chi connectivity index (χ4v) is 4.34. The zero-order chi connectivity index (χ0) is 16.7. The first-order valence-corrected chi connectivity index (χ1v) is 8.94. The van der Waals surface area contributed by atoms with Gasteiger partial charge in [0.05, 0.1) is 12.6 Å². The van der Waals surface area contributed by atoms with E-state index in [2.05, 4.69) is 67.7 Å². The Kier molecular flexibility index (Phi) is 3.84. The van der Waals surface area contributed by atoms with Gasteiger partial charge in [-0.3, -0.25) is 0 Å². The van der Waals surface area contributed by atoms with Gasteiger partial charge in [0.25, 0.3) is 0 Å². The SMILES string of the molecule is CCOc1ccc(C2Nc3c(C)cc(C)cc3C3C=CCC32)cc1. The summed E-state index contributed by atoms with van der Waals surface area (Å²) in [5.41, 5.74) is 6.84. The van der Waals surface area contributed by atoms with Crippen LogP contribution in [0.4, 0.5) is 5.69 Å². The van der Waals surface area contributed by atoms with Gasteiger partial charge in [-0.15, -0.1) is 0 Å². The summed E-state index contributed by atoms with van der Waals surface area (Å²) < 4.78 is 5.59. The Morgan fingerprint density at radius 2 is 1.92 bits per heavy atom. The summed E-state index contributed by atoms with van der Waals surface area (Å²) in [6, 6.07) is 13.6. The molecule has 0 bridgehead atoms. The van der Waals surface area contributed by atoms with E-state index >= 15 is 0 Å². The van der Waals surface area contributed by atoms with Crippen molar-refractivity contribution in [1.29, 1.82) is 0 Å². The van der Waals surface area contributed by atoms with Crippen molar-refractivity contribution in [3.8, 4) is 5.75 Å². The average Bonchev–Trinajstić information content (AvgIpc) is 3.05. The van der Waals surface area contributed by atoms with E-state index in [1.165, 1.54) is 27.9 Å². The third-order valence-electron chi connectivity index (χ3n) is 5.36. The zero-order valence-corrected chi connectivity index (χ0v) is 14.7. The van der Waals surface area contributed by atoms with Gasteiger partial charge < -0.3 is 10.1 Å². The molecule has 2 heteroatoms. The van der Waals surface area contributed by atoms with Crippen molar-refractivity contribution in [2.75, 3.05) is 11.9 Å². The molecule has 0 saturated carbocycles. The number of anilines is 1. The van der Waals surface area contributed by atoms with Crippen LogP contribution < -0.4 is 10.1 Å². The van der Waals surface area contributed by atoms with Crippen molar-refractivity contribution in [1.82, 2.24) is 0 Å². The predicted octanol–water partition coefficient (Wildman–Crippen LogP) is 5.53. The summed E-state index contributed by atoms with van der Waals surface area (Å²) in [6.45, 7) is 7.14. The number of allylic oxidation sites excluding steroid dienone is 2. The molecule has 0 amide bonds. The average molecular weight is 319 g/mol. The highest BCUT2D eigenvalue weighted by atomic mass is 16.5. The summed E-state index contributed by atoms with van der Waals surface area (Å²) in [6.07, 6.45) is 5.90. The minimum absolute atomic E-state index is 0.356. The van der Waals surface area contributed by atoms with Crippen LogP contribution in [-0.4, -0.2) is 6.61 Å². The number of fused-ring (bicyclic) bond motifs is 3. The molecule has 0 saturated heterocycles. The Balaban J connectivity index is 1.72. The normalized spacial score (nSPS) is 24.2. The van der Waals surface area contributed by atoms with Crippen LogP contribution >= 0.6 is 0 Å². The van der Waals surface area contributed by atoms with E-state index in [0.717, 1.165) is 12.2 Å². The second-order valence-electron chi connectivity index (χ2n) is 7.02. The maximum atomic E-state index is 5.59. The fourth-order valence-electron chi connectivity index (χ4n) is 4.34. The second-order valence-corrected chi connectivity index (χ2v) is 7.02. The van der Waals surface area contributed by atoms with Crippen LogP contribution in [0.5, 0.6) is 5.75 Å². The molecular formula is C22H25NO. The molecule has 1 aliphatic carbocycles. The molecule has 2 nitrogen and oxygen atoms in total. The quantitative estimate of drug-likeness (QED) is 0.751. The Bertz CT molecular complexity index is 775. The lowest BCUT2D eigenvalue weighted by Gasteiger charge is -2.38. The molecule has 2 aromatic carbocycles. The molecule has 0 spiro atoms. The van der Waals surface area contributed by atoms with Gasteiger partial charge in [0.1, 0.15) is 5.75 Å². The number of nitrogens with one attached hydrogen (secondary N) is 1. The lowest BCUT2D eigenvalue weighted by atomic mass is 9.76. The standard InChI is InChI=1S/C22H25NO/c1-4-24-17-10-8-16(9-11-17)22-19-7-5-6-18(19)20-13-14(2)12-15(3)21(20)23-22/h5-6,8-13,18-19,22-23H,4,7H2,1-3H3. The van der Waals surface area contributed by atoms with Gasteiger partial charge in [-0.2, -0.15) is 0 Å². The Labute approximate surface area is 144 Å². The number of hydrogen-bond donors (Lipinski definition) is 1. The number of benzene rings is 2. The van der Waals surface area contributed by atoms with Crippen molar-refractivity contribution in [3.05, 3.63) is 70.8 Å². The molecule has 24 heavy (non-hydrogen) atoms. The minimum Gasteiger partial charge on any atom is -0.494 e. The summed E-state index contributed by atoms with van der Waals surface area (Å²) in [5, 5.41) is 3.85. The smallest absolute Gasteiger partial charge is 0.119 e. The van der Waals surface area contributed by atoms with Gasteiger partial charge in [-0.05, 0) is 61.9 Å². The zero-order valence-electron chi connectivity index (χ0n) is 14.7. The molecule has 0 radical (unpaired) electrons. The number of aryl methyl sites for hydroxylation is 2. The number of rotatable bonds is 3. The second kappa shape index (κ2) is 6.01. The third-order valence-corrected chi connectivity index (χ3v) is 5.36. The van der Waals surface area contributed by atoms with Crippen LogP contribution in [0, 0.1) is 19.8 Å². The Morgan fingerprint density at radius 3 is 2.67 bits per heavy atom. The monoisotopic (exact) mass is 319 g/mol. The molecule has 3 atom stereocenters. The van der Waals surface area contributed by atoms with Crippen LogP contribution in [-0.2, 0) is 0 Å². The topological polar surface area (TPSA) is 21.3 Å². The van der Waals surface area contributed by atoms with Gasteiger partial charge in [-0.25, -0.2) is 0 Å². The van der Waals surface area contributed by atoms with Gasteiger partial charge in [-0.1, -0.05) is 42.0 Å². The van der Waals surface area contributed by atoms with Gasteiger partial charge in [0.2, 0.25) is 0 Å². The molecule has 0 aromatic heterocycles. The highest BCUT2D eigenvalue weighted by Gasteiger charge is 2.38. The largest absolute Gasteiger partial charge is 0.494 e. The highest BCUT2D eigenvalue weighted by Crippen LogP contribution is 2.50. The molecule has 4 rings (SSSR count). The predicted molar refractivity (Wildman–Crippen MR) is 99.9 cm³/mol. The lowest BCUT2D eigenvalue weighted by Crippen LogP contribution is -2.29. The van der Waals surface area contributed by atoms with Gasteiger partial charge >= 0.3 is 0 Å². The van der Waals surface area contributed by atoms with E-state index in [-0.39, 0.29) is 0 Å². The van der Waals surface area contributed by atoms with E-state index in [0.29, 0.717) is 24.5 Å². The molecule has 1 N–H and O–H groups in total. The summed E-state index contributed by atoms with van der Waals surface area (Å²) in [4.78, 5) is 0. The van der Waals surface area contributed by atoms with Gasteiger partial charge in [0.15, 0.2) is 0 Å². The molecule has 1 aliphatic heterocycles. The molecule has 2 aromatic rings. The van der Waals surface area contributed by atoms with Crippen LogP contribution in [0.2, 0.25) is 0 Å². The molecule has 2 aliphatic rings. The lowest BCUT2D eigenvalue weighted by molar-refractivity contribution is 0.340.